The third-order valence-electron chi connectivity index (χ3n) is 6.39. The summed E-state index contributed by atoms with van der Waals surface area (Å²) >= 11 is 0. The first-order valence-corrected chi connectivity index (χ1v) is 12.6. The van der Waals surface area contributed by atoms with Crippen molar-refractivity contribution in [2.45, 2.75) is 45.8 Å². The number of methoxy groups -OCH3 is 1. The molecule has 192 valence electrons. The minimum Gasteiger partial charge on any atom is -0.444 e. The van der Waals surface area contributed by atoms with Crippen LogP contribution in [0.15, 0.2) is 60.8 Å². The van der Waals surface area contributed by atoms with Gasteiger partial charge in [0.25, 0.3) is 0 Å². The van der Waals surface area contributed by atoms with E-state index in [0.717, 1.165) is 40.9 Å². The van der Waals surface area contributed by atoms with Gasteiger partial charge in [-0.05, 0) is 80.1 Å². The molecule has 8 heteroatoms. The SMILES string of the molecule is COCc1ccccc1-c1cccn2nc(Nc3ccc4c(c3)CCN(C(=O)OC(C)(C)C)CC4)nc12. The molecule has 1 aliphatic rings. The highest BCUT2D eigenvalue weighted by Crippen LogP contribution is 2.29. The zero-order valence-electron chi connectivity index (χ0n) is 21.8. The van der Waals surface area contributed by atoms with E-state index in [2.05, 4.69) is 40.7 Å². The molecule has 0 atom stereocenters. The van der Waals surface area contributed by atoms with Crippen LogP contribution in [0.2, 0.25) is 0 Å². The number of nitrogens with one attached hydrogen (secondary N) is 1. The van der Waals surface area contributed by atoms with Crippen molar-refractivity contribution < 1.29 is 14.3 Å². The van der Waals surface area contributed by atoms with Crippen molar-refractivity contribution in [2.24, 2.45) is 0 Å². The second kappa shape index (κ2) is 10.2. The van der Waals surface area contributed by atoms with Gasteiger partial charge in [-0.25, -0.2) is 9.31 Å². The lowest BCUT2D eigenvalue weighted by molar-refractivity contribution is 0.0258. The molecule has 2 aromatic heterocycles. The molecule has 1 aliphatic heterocycles. The van der Waals surface area contributed by atoms with Crippen LogP contribution >= 0.6 is 0 Å². The number of amides is 1. The number of hydrogen-bond donors (Lipinski definition) is 1. The first kappa shape index (κ1) is 24.8. The fourth-order valence-corrected chi connectivity index (χ4v) is 4.67. The first-order valence-electron chi connectivity index (χ1n) is 12.6. The average Bonchev–Trinajstić information content (AvgIpc) is 3.14. The fourth-order valence-electron chi connectivity index (χ4n) is 4.67. The molecule has 0 bridgehead atoms. The number of carbonyl (C=O) groups is 1. The predicted octanol–water partition coefficient (Wildman–Crippen LogP) is 5.62. The van der Waals surface area contributed by atoms with Crippen LogP contribution in [-0.4, -0.2) is 51.4 Å². The number of benzene rings is 2. The van der Waals surface area contributed by atoms with Crippen LogP contribution in [0, 0.1) is 0 Å². The van der Waals surface area contributed by atoms with Crippen LogP contribution in [-0.2, 0) is 28.9 Å². The highest BCUT2D eigenvalue weighted by atomic mass is 16.6. The maximum atomic E-state index is 12.6. The van der Waals surface area contributed by atoms with Crippen molar-refractivity contribution in [3.63, 3.8) is 0 Å². The van der Waals surface area contributed by atoms with Crippen molar-refractivity contribution in [3.05, 3.63) is 77.5 Å². The summed E-state index contributed by atoms with van der Waals surface area (Å²) in [5.41, 5.74) is 6.83. The van der Waals surface area contributed by atoms with Gasteiger partial charge >= 0.3 is 6.09 Å². The highest BCUT2D eigenvalue weighted by molar-refractivity contribution is 5.80. The Morgan fingerprint density at radius 3 is 2.54 bits per heavy atom. The number of aromatic nitrogens is 3. The maximum absolute atomic E-state index is 12.6. The molecule has 1 amide bonds. The molecule has 5 rings (SSSR count). The number of ether oxygens (including phenoxy) is 2. The number of carbonyl (C=O) groups excluding carboxylic acids is 1. The Bertz CT molecular complexity index is 1420. The molecule has 0 spiro atoms. The number of fused-ring (bicyclic) bond motifs is 2. The zero-order valence-corrected chi connectivity index (χ0v) is 21.8. The summed E-state index contributed by atoms with van der Waals surface area (Å²) in [7, 11) is 1.70. The number of anilines is 2. The van der Waals surface area contributed by atoms with E-state index in [1.54, 1.807) is 16.5 Å². The molecule has 2 aromatic carbocycles. The number of nitrogens with zero attached hydrogens (tertiary/aromatic N) is 4. The molecule has 0 unspecified atom stereocenters. The molecule has 3 heterocycles. The van der Waals surface area contributed by atoms with Crippen molar-refractivity contribution >= 4 is 23.4 Å². The summed E-state index contributed by atoms with van der Waals surface area (Å²) in [5.74, 6) is 0.528. The number of hydrogen-bond acceptors (Lipinski definition) is 6. The molecule has 4 aromatic rings. The van der Waals surface area contributed by atoms with Crippen LogP contribution in [0.3, 0.4) is 0 Å². The topological polar surface area (TPSA) is 81.0 Å². The Hall–Kier alpha value is -3.91. The molecule has 8 nitrogen and oxygen atoms in total. The fraction of sp³-hybridized carbons (Fsp3) is 0.345. The average molecular weight is 500 g/mol. The van der Waals surface area contributed by atoms with Crippen molar-refractivity contribution in [1.29, 1.82) is 0 Å². The molecule has 0 radical (unpaired) electrons. The van der Waals surface area contributed by atoms with Gasteiger partial charge in [0.1, 0.15) is 5.60 Å². The molecule has 1 N–H and O–H groups in total. The molecule has 0 fully saturated rings. The minimum absolute atomic E-state index is 0.254. The molecular formula is C29H33N5O3. The van der Waals surface area contributed by atoms with Crippen molar-refractivity contribution in [2.75, 3.05) is 25.5 Å². The van der Waals surface area contributed by atoms with Crippen LogP contribution in [0.5, 0.6) is 0 Å². The minimum atomic E-state index is -0.500. The van der Waals surface area contributed by atoms with Crippen LogP contribution in [0.25, 0.3) is 16.8 Å². The quantitative estimate of drug-likeness (QED) is 0.384. The van der Waals surface area contributed by atoms with Gasteiger partial charge in [-0.2, -0.15) is 4.98 Å². The molecule has 0 saturated heterocycles. The zero-order chi connectivity index (χ0) is 26.0. The first-order chi connectivity index (χ1) is 17.8. The normalized spacial score (nSPS) is 13.8. The van der Waals surface area contributed by atoms with E-state index in [1.165, 1.54) is 11.1 Å². The monoisotopic (exact) mass is 499 g/mol. The van der Waals surface area contributed by atoms with Crippen LogP contribution in [0.1, 0.15) is 37.5 Å². The predicted molar refractivity (Wildman–Crippen MR) is 144 cm³/mol. The largest absolute Gasteiger partial charge is 0.444 e. The smallest absolute Gasteiger partial charge is 0.410 e. The number of rotatable bonds is 5. The molecule has 0 aliphatic carbocycles. The molecule has 0 saturated carbocycles. The third kappa shape index (κ3) is 5.59. The molecule has 37 heavy (non-hydrogen) atoms. The lowest BCUT2D eigenvalue weighted by Crippen LogP contribution is -2.38. The van der Waals surface area contributed by atoms with Gasteiger partial charge < -0.3 is 19.7 Å². The van der Waals surface area contributed by atoms with Gasteiger partial charge in [-0.1, -0.05) is 30.3 Å². The van der Waals surface area contributed by atoms with Gasteiger partial charge in [-0.15, -0.1) is 5.10 Å². The summed E-state index contributed by atoms with van der Waals surface area (Å²) in [6, 6.07) is 18.5. The summed E-state index contributed by atoms with van der Waals surface area (Å²) in [4.78, 5) is 19.2. The maximum Gasteiger partial charge on any atom is 0.410 e. The third-order valence-corrected chi connectivity index (χ3v) is 6.39. The summed E-state index contributed by atoms with van der Waals surface area (Å²) in [6.07, 6.45) is 3.21. The second-order valence-electron chi connectivity index (χ2n) is 10.3. The van der Waals surface area contributed by atoms with Crippen LogP contribution < -0.4 is 5.32 Å². The van der Waals surface area contributed by atoms with E-state index in [4.69, 9.17) is 14.5 Å². The Kier molecular flexibility index (Phi) is 6.84. The van der Waals surface area contributed by atoms with E-state index >= 15 is 0 Å². The Balaban J connectivity index is 1.36. The van der Waals surface area contributed by atoms with Gasteiger partial charge in [0, 0.05) is 37.6 Å². The van der Waals surface area contributed by atoms with Crippen molar-refractivity contribution in [1.82, 2.24) is 19.5 Å². The second-order valence-corrected chi connectivity index (χ2v) is 10.3. The van der Waals surface area contributed by atoms with E-state index < -0.39 is 5.60 Å². The Morgan fingerprint density at radius 2 is 1.76 bits per heavy atom. The summed E-state index contributed by atoms with van der Waals surface area (Å²) < 4.78 is 12.8. The van der Waals surface area contributed by atoms with Gasteiger partial charge in [-0.3, -0.25) is 0 Å². The Morgan fingerprint density at radius 1 is 1.00 bits per heavy atom. The van der Waals surface area contributed by atoms with E-state index in [-0.39, 0.29) is 6.09 Å². The van der Waals surface area contributed by atoms with Gasteiger partial charge in [0.2, 0.25) is 5.95 Å². The van der Waals surface area contributed by atoms with E-state index in [1.807, 2.05) is 51.2 Å². The lowest BCUT2D eigenvalue weighted by Gasteiger charge is -2.26. The lowest BCUT2D eigenvalue weighted by atomic mass is 10.0. The van der Waals surface area contributed by atoms with E-state index in [9.17, 15) is 4.79 Å². The highest BCUT2D eigenvalue weighted by Gasteiger charge is 2.24. The van der Waals surface area contributed by atoms with E-state index in [0.29, 0.717) is 25.6 Å². The number of pyridine rings is 1. The van der Waals surface area contributed by atoms with Gasteiger partial charge in [0.05, 0.1) is 6.61 Å². The molecular weight excluding hydrogens is 466 g/mol. The Labute approximate surface area is 217 Å². The summed E-state index contributed by atoms with van der Waals surface area (Å²) in [6.45, 7) is 7.48. The standard InChI is InChI=1S/C29H33N5O3/c1-29(2,3)37-28(35)33-16-13-20-11-12-23(18-21(20)14-17-33)30-27-31-26-25(10-7-15-34(26)32-27)24-9-6-5-8-22(24)19-36-4/h5-12,15,18H,13-14,16-17,19H2,1-4H3,(H,30,32). The van der Waals surface area contributed by atoms with Crippen LogP contribution in [0.4, 0.5) is 16.4 Å². The van der Waals surface area contributed by atoms with Crippen molar-refractivity contribution in [3.8, 4) is 11.1 Å². The van der Waals surface area contributed by atoms with Gasteiger partial charge in [0.15, 0.2) is 5.65 Å². The summed E-state index contributed by atoms with van der Waals surface area (Å²) in [5, 5.41) is 8.04.